The van der Waals surface area contributed by atoms with Gasteiger partial charge in [-0.3, -0.25) is 9.59 Å². The fourth-order valence-electron chi connectivity index (χ4n) is 3.59. The summed E-state index contributed by atoms with van der Waals surface area (Å²) in [5.74, 6) is 0.551. The molecule has 2 heterocycles. The first-order chi connectivity index (χ1) is 12.8. The summed E-state index contributed by atoms with van der Waals surface area (Å²) in [4.78, 5) is 27.3. The van der Waals surface area contributed by atoms with Crippen LogP contribution >= 0.6 is 11.6 Å². The molecule has 1 aromatic heterocycles. The van der Waals surface area contributed by atoms with Gasteiger partial charge < -0.3 is 14.6 Å². The van der Waals surface area contributed by atoms with Gasteiger partial charge in [0.05, 0.1) is 17.2 Å². The molecule has 144 valence electrons. The molecule has 2 aromatic rings. The number of carbonyl (C=O) groups is 2. The Morgan fingerprint density at radius 2 is 1.85 bits per heavy atom. The van der Waals surface area contributed by atoms with E-state index in [1.807, 2.05) is 43.0 Å². The van der Waals surface area contributed by atoms with E-state index in [-0.39, 0.29) is 17.9 Å². The second-order valence-electron chi connectivity index (χ2n) is 7.54. The molecule has 0 radical (unpaired) electrons. The summed E-state index contributed by atoms with van der Waals surface area (Å²) in [7, 11) is 0. The highest BCUT2D eigenvalue weighted by molar-refractivity contribution is 6.31. The van der Waals surface area contributed by atoms with E-state index < -0.39 is 5.41 Å². The molecule has 1 aliphatic heterocycles. The standard InChI is InChI=1S/C21H25ClN2O3/c1-14-16(10-13-27-14)19(25)23-15-8-11-24(12-9-15)20(26)21(2,3)17-6-4-5-7-18(17)22/h4-7,10,13,15H,8-9,11-12H2,1-3H3,(H,23,25). The average Bonchev–Trinajstić information content (AvgIpc) is 3.08. The Morgan fingerprint density at radius 3 is 2.44 bits per heavy atom. The van der Waals surface area contributed by atoms with E-state index in [4.69, 9.17) is 16.0 Å². The maximum atomic E-state index is 13.1. The van der Waals surface area contributed by atoms with Crippen molar-refractivity contribution in [3.8, 4) is 0 Å². The number of piperidine rings is 1. The number of aryl methyl sites for hydroxylation is 1. The van der Waals surface area contributed by atoms with Crippen LogP contribution in [-0.4, -0.2) is 35.8 Å². The Morgan fingerprint density at radius 1 is 1.19 bits per heavy atom. The van der Waals surface area contributed by atoms with Crippen molar-refractivity contribution in [1.29, 1.82) is 0 Å². The molecule has 0 unspecified atom stereocenters. The highest BCUT2D eigenvalue weighted by Crippen LogP contribution is 2.32. The molecular weight excluding hydrogens is 364 g/mol. The summed E-state index contributed by atoms with van der Waals surface area (Å²) in [6.07, 6.45) is 2.97. The number of rotatable bonds is 4. The lowest BCUT2D eigenvalue weighted by Crippen LogP contribution is -2.51. The second-order valence-corrected chi connectivity index (χ2v) is 7.94. The van der Waals surface area contributed by atoms with E-state index in [1.165, 1.54) is 6.26 Å². The zero-order valence-corrected chi connectivity index (χ0v) is 16.7. The Kier molecular flexibility index (Phi) is 5.61. The van der Waals surface area contributed by atoms with E-state index >= 15 is 0 Å². The average molecular weight is 389 g/mol. The van der Waals surface area contributed by atoms with E-state index in [9.17, 15) is 9.59 Å². The molecule has 2 amide bonds. The molecule has 0 bridgehead atoms. The number of nitrogens with one attached hydrogen (secondary N) is 1. The molecule has 1 fully saturated rings. The third-order valence-corrected chi connectivity index (χ3v) is 5.63. The second kappa shape index (κ2) is 7.77. The predicted octanol–water partition coefficient (Wildman–Crippen LogP) is 3.94. The van der Waals surface area contributed by atoms with Crippen molar-refractivity contribution in [1.82, 2.24) is 10.2 Å². The maximum Gasteiger partial charge on any atom is 0.255 e. The molecular formula is C21H25ClN2O3. The molecule has 0 atom stereocenters. The molecule has 0 spiro atoms. The van der Waals surface area contributed by atoms with Gasteiger partial charge in [0.1, 0.15) is 5.76 Å². The molecule has 0 saturated carbocycles. The fraction of sp³-hybridized carbons (Fsp3) is 0.429. The number of amides is 2. The smallest absolute Gasteiger partial charge is 0.255 e. The maximum absolute atomic E-state index is 13.1. The van der Waals surface area contributed by atoms with Gasteiger partial charge in [-0.25, -0.2) is 0 Å². The number of benzene rings is 1. The van der Waals surface area contributed by atoms with Crippen LogP contribution in [0.25, 0.3) is 0 Å². The van der Waals surface area contributed by atoms with Gasteiger partial charge in [-0.05, 0) is 51.3 Å². The Hall–Kier alpha value is -2.27. The zero-order chi connectivity index (χ0) is 19.6. The van der Waals surface area contributed by atoms with Gasteiger partial charge >= 0.3 is 0 Å². The minimum Gasteiger partial charge on any atom is -0.469 e. The third kappa shape index (κ3) is 4.03. The number of hydrogen-bond acceptors (Lipinski definition) is 3. The quantitative estimate of drug-likeness (QED) is 0.862. The fourth-order valence-corrected chi connectivity index (χ4v) is 3.96. The van der Waals surface area contributed by atoms with Gasteiger partial charge in [-0.15, -0.1) is 0 Å². The van der Waals surface area contributed by atoms with Crippen molar-refractivity contribution >= 4 is 23.4 Å². The SMILES string of the molecule is Cc1occc1C(=O)NC1CCN(C(=O)C(C)(C)c2ccccc2Cl)CC1. The lowest BCUT2D eigenvalue weighted by molar-refractivity contribution is -0.137. The van der Waals surface area contributed by atoms with Gasteiger partial charge in [-0.1, -0.05) is 29.8 Å². The number of nitrogens with zero attached hydrogens (tertiary/aromatic N) is 1. The van der Waals surface area contributed by atoms with Crippen LogP contribution in [0.4, 0.5) is 0 Å². The van der Waals surface area contributed by atoms with Gasteiger partial charge in [0.2, 0.25) is 5.91 Å². The first kappa shape index (κ1) is 19.5. The lowest BCUT2D eigenvalue weighted by atomic mass is 9.82. The molecule has 5 nitrogen and oxygen atoms in total. The van der Waals surface area contributed by atoms with Crippen molar-refractivity contribution in [2.75, 3.05) is 13.1 Å². The molecule has 0 aliphatic carbocycles. The molecule has 27 heavy (non-hydrogen) atoms. The molecule has 1 N–H and O–H groups in total. The first-order valence-corrected chi connectivity index (χ1v) is 9.58. The van der Waals surface area contributed by atoms with Gasteiger partial charge in [-0.2, -0.15) is 0 Å². The predicted molar refractivity (Wildman–Crippen MR) is 105 cm³/mol. The highest BCUT2D eigenvalue weighted by atomic mass is 35.5. The molecule has 1 aliphatic rings. The molecule has 6 heteroatoms. The van der Waals surface area contributed by atoms with Crippen molar-refractivity contribution in [2.24, 2.45) is 0 Å². The van der Waals surface area contributed by atoms with Gasteiger partial charge in [0, 0.05) is 24.2 Å². The van der Waals surface area contributed by atoms with E-state index in [2.05, 4.69) is 5.32 Å². The molecule has 1 saturated heterocycles. The minimum absolute atomic E-state index is 0.0549. The third-order valence-electron chi connectivity index (χ3n) is 5.30. The van der Waals surface area contributed by atoms with Crippen LogP contribution in [-0.2, 0) is 10.2 Å². The van der Waals surface area contributed by atoms with Crippen molar-refractivity contribution in [3.63, 3.8) is 0 Å². The molecule has 1 aromatic carbocycles. The van der Waals surface area contributed by atoms with Crippen LogP contribution in [0.2, 0.25) is 5.02 Å². The van der Waals surface area contributed by atoms with Crippen LogP contribution in [0.1, 0.15) is 48.4 Å². The normalized spacial score (nSPS) is 15.6. The summed E-state index contributed by atoms with van der Waals surface area (Å²) in [5, 5.41) is 3.65. The van der Waals surface area contributed by atoms with Crippen LogP contribution in [0.3, 0.4) is 0 Å². The van der Waals surface area contributed by atoms with Crippen LogP contribution in [0, 0.1) is 6.92 Å². The van der Waals surface area contributed by atoms with Crippen LogP contribution in [0.5, 0.6) is 0 Å². The Labute approximate surface area is 164 Å². The van der Waals surface area contributed by atoms with E-state index in [1.54, 1.807) is 13.0 Å². The van der Waals surface area contributed by atoms with Crippen molar-refractivity contribution < 1.29 is 14.0 Å². The number of hydrogen-bond donors (Lipinski definition) is 1. The van der Waals surface area contributed by atoms with E-state index in [0.29, 0.717) is 29.4 Å². The van der Waals surface area contributed by atoms with Crippen molar-refractivity contribution in [3.05, 3.63) is 58.5 Å². The highest BCUT2D eigenvalue weighted by Gasteiger charge is 2.36. The number of halogens is 1. The summed E-state index contributed by atoms with van der Waals surface area (Å²) in [5.41, 5.74) is 0.707. The topological polar surface area (TPSA) is 62.6 Å². The number of likely N-dealkylation sites (tertiary alicyclic amines) is 1. The summed E-state index contributed by atoms with van der Waals surface area (Å²) in [6.45, 7) is 6.81. The van der Waals surface area contributed by atoms with Gasteiger partial charge in [0.25, 0.3) is 5.91 Å². The van der Waals surface area contributed by atoms with Crippen LogP contribution < -0.4 is 5.32 Å². The monoisotopic (exact) mass is 388 g/mol. The largest absolute Gasteiger partial charge is 0.469 e. The number of furan rings is 1. The Bertz CT molecular complexity index is 835. The van der Waals surface area contributed by atoms with E-state index in [0.717, 1.165) is 18.4 Å². The first-order valence-electron chi connectivity index (χ1n) is 9.20. The summed E-state index contributed by atoms with van der Waals surface area (Å²) >= 11 is 6.31. The van der Waals surface area contributed by atoms with Crippen LogP contribution in [0.15, 0.2) is 41.0 Å². The lowest BCUT2D eigenvalue weighted by Gasteiger charge is -2.37. The zero-order valence-electron chi connectivity index (χ0n) is 15.9. The van der Waals surface area contributed by atoms with Gasteiger partial charge in [0.15, 0.2) is 0 Å². The minimum atomic E-state index is -0.692. The Balaban J connectivity index is 1.60. The van der Waals surface area contributed by atoms with Crippen molar-refractivity contribution in [2.45, 2.75) is 45.1 Å². The molecule has 3 rings (SSSR count). The summed E-state index contributed by atoms with van der Waals surface area (Å²) < 4.78 is 5.19. The number of carbonyl (C=O) groups excluding carboxylic acids is 2. The summed E-state index contributed by atoms with van der Waals surface area (Å²) in [6, 6.07) is 9.21.